The molecule has 5 nitrogen and oxygen atoms in total. The van der Waals surface area contributed by atoms with E-state index in [1.54, 1.807) is 41.2 Å². The van der Waals surface area contributed by atoms with E-state index in [2.05, 4.69) is 5.32 Å². The minimum Gasteiger partial charge on any atom is -0.342 e. The number of nitrogens with zero attached hydrogens (tertiary/aromatic N) is 2. The highest BCUT2D eigenvalue weighted by molar-refractivity contribution is 5.93. The van der Waals surface area contributed by atoms with Crippen LogP contribution < -0.4 is 10.7 Å². The Hall–Kier alpha value is -2.87. The van der Waals surface area contributed by atoms with Crippen molar-refractivity contribution in [3.8, 4) is 6.07 Å². The molecular weight excluding hydrogens is 278 g/mol. The summed E-state index contributed by atoms with van der Waals surface area (Å²) in [7, 11) is 0. The lowest BCUT2D eigenvalue weighted by Gasteiger charge is -2.19. The number of nitrogens with one attached hydrogen (secondary N) is 1. The molecule has 112 valence electrons. The maximum absolute atomic E-state index is 12.5. The lowest BCUT2D eigenvalue weighted by atomic mass is 10.1. The highest BCUT2D eigenvalue weighted by Gasteiger charge is 2.18. The Morgan fingerprint density at radius 2 is 1.86 bits per heavy atom. The van der Waals surface area contributed by atoms with Gasteiger partial charge in [0.05, 0.1) is 11.6 Å². The minimum atomic E-state index is -0.374. The smallest absolute Gasteiger partial charge is 0.247 e. The first-order chi connectivity index (χ1) is 10.6. The van der Waals surface area contributed by atoms with Crippen LogP contribution in [0.5, 0.6) is 0 Å². The molecule has 0 aliphatic heterocycles. The molecule has 0 bridgehead atoms. The molecule has 22 heavy (non-hydrogen) atoms. The van der Waals surface area contributed by atoms with Gasteiger partial charge in [-0.2, -0.15) is 5.26 Å². The maximum Gasteiger partial charge on any atom is 0.247 e. The molecule has 0 saturated carbocycles. The Morgan fingerprint density at radius 1 is 1.23 bits per heavy atom. The van der Waals surface area contributed by atoms with Crippen molar-refractivity contribution in [2.24, 2.45) is 0 Å². The molecule has 1 unspecified atom stereocenters. The number of benzene rings is 1. The Bertz CT molecular complexity index is 721. The van der Waals surface area contributed by atoms with Gasteiger partial charge in [-0.05, 0) is 30.7 Å². The van der Waals surface area contributed by atoms with Crippen molar-refractivity contribution in [2.45, 2.75) is 25.8 Å². The standard InChI is InChI=1S/C17H17N3O2/c1-2-3-16(20-10-8-15(21)9-11-20)17(22)19-14-6-4-13(12-18)5-7-14/h4-11,16H,2-3H2,1H3,(H,19,22). The highest BCUT2D eigenvalue weighted by atomic mass is 16.2. The molecule has 5 heteroatoms. The number of carbonyl (C=O) groups is 1. The van der Waals surface area contributed by atoms with Gasteiger partial charge in [-0.15, -0.1) is 0 Å². The van der Waals surface area contributed by atoms with Crippen LogP contribution in [0, 0.1) is 11.3 Å². The molecular formula is C17H17N3O2. The van der Waals surface area contributed by atoms with Gasteiger partial charge in [0.2, 0.25) is 5.91 Å². The summed E-state index contributed by atoms with van der Waals surface area (Å²) >= 11 is 0. The number of nitriles is 1. The van der Waals surface area contributed by atoms with Crippen molar-refractivity contribution in [3.05, 3.63) is 64.6 Å². The average Bonchev–Trinajstić information content (AvgIpc) is 2.54. The van der Waals surface area contributed by atoms with E-state index in [0.717, 1.165) is 6.42 Å². The summed E-state index contributed by atoms with van der Waals surface area (Å²) in [6.07, 6.45) is 4.77. The van der Waals surface area contributed by atoms with Crippen LogP contribution in [0.1, 0.15) is 31.4 Å². The number of amides is 1. The van der Waals surface area contributed by atoms with Gasteiger partial charge < -0.3 is 9.88 Å². The highest BCUT2D eigenvalue weighted by Crippen LogP contribution is 2.17. The lowest BCUT2D eigenvalue weighted by Crippen LogP contribution is -2.26. The molecule has 1 amide bonds. The van der Waals surface area contributed by atoms with E-state index in [1.807, 2.05) is 13.0 Å². The van der Waals surface area contributed by atoms with Crippen LogP contribution in [0.2, 0.25) is 0 Å². The van der Waals surface area contributed by atoms with Crippen LogP contribution in [-0.2, 0) is 4.79 Å². The zero-order valence-corrected chi connectivity index (χ0v) is 12.3. The van der Waals surface area contributed by atoms with Crippen LogP contribution in [0.25, 0.3) is 0 Å². The Labute approximate surface area is 128 Å². The second-order valence-electron chi connectivity index (χ2n) is 4.96. The predicted octanol–water partition coefficient (Wildman–Crippen LogP) is 2.70. The summed E-state index contributed by atoms with van der Waals surface area (Å²) in [4.78, 5) is 23.7. The third-order valence-electron chi connectivity index (χ3n) is 3.33. The van der Waals surface area contributed by atoms with Crippen molar-refractivity contribution in [1.29, 1.82) is 5.26 Å². The van der Waals surface area contributed by atoms with Gasteiger partial charge in [-0.3, -0.25) is 9.59 Å². The van der Waals surface area contributed by atoms with Crippen molar-refractivity contribution < 1.29 is 4.79 Å². The number of hydrogen-bond acceptors (Lipinski definition) is 3. The van der Waals surface area contributed by atoms with E-state index in [1.165, 1.54) is 12.1 Å². The normalized spacial score (nSPS) is 11.5. The number of pyridine rings is 1. The monoisotopic (exact) mass is 295 g/mol. The molecule has 0 radical (unpaired) electrons. The Kier molecular flexibility index (Phi) is 5.10. The first-order valence-corrected chi connectivity index (χ1v) is 7.13. The van der Waals surface area contributed by atoms with Crippen molar-refractivity contribution in [3.63, 3.8) is 0 Å². The molecule has 1 heterocycles. The third-order valence-corrected chi connectivity index (χ3v) is 3.33. The Morgan fingerprint density at radius 3 is 2.41 bits per heavy atom. The first kappa shape index (κ1) is 15.5. The molecule has 1 aromatic carbocycles. The summed E-state index contributed by atoms with van der Waals surface area (Å²) in [5.41, 5.74) is 1.11. The van der Waals surface area contributed by atoms with Crippen LogP contribution in [0.3, 0.4) is 0 Å². The molecule has 0 saturated heterocycles. The van der Waals surface area contributed by atoms with E-state index in [-0.39, 0.29) is 17.4 Å². The van der Waals surface area contributed by atoms with Crippen LogP contribution in [0.4, 0.5) is 5.69 Å². The number of aromatic nitrogens is 1. The fourth-order valence-electron chi connectivity index (χ4n) is 2.17. The van der Waals surface area contributed by atoms with Gasteiger partial charge in [-0.1, -0.05) is 13.3 Å². The van der Waals surface area contributed by atoms with Crippen molar-refractivity contribution >= 4 is 11.6 Å². The van der Waals surface area contributed by atoms with Gasteiger partial charge in [0, 0.05) is 30.2 Å². The fraction of sp³-hybridized carbons (Fsp3) is 0.235. The summed E-state index contributed by atoms with van der Waals surface area (Å²) in [5, 5.41) is 11.6. The third kappa shape index (κ3) is 3.83. The maximum atomic E-state index is 12.5. The van der Waals surface area contributed by atoms with Crippen molar-refractivity contribution in [1.82, 2.24) is 4.57 Å². The molecule has 1 N–H and O–H groups in total. The lowest BCUT2D eigenvalue weighted by molar-refractivity contribution is -0.119. The largest absolute Gasteiger partial charge is 0.342 e. The first-order valence-electron chi connectivity index (χ1n) is 7.13. The van der Waals surface area contributed by atoms with E-state index in [9.17, 15) is 9.59 Å². The zero-order valence-electron chi connectivity index (χ0n) is 12.3. The molecule has 0 spiro atoms. The van der Waals surface area contributed by atoms with Gasteiger partial charge in [0.25, 0.3) is 0 Å². The summed E-state index contributed by atoms with van der Waals surface area (Å²) in [6, 6.07) is 11.3. The molecule has 2 rings (SSSR count). The van der Waals surface area contributed by atoms with E-state index in [4.69, 9.17) is 5.26 Å². The van der Waals surface area contributed by atoms with Crippen molar-refractivity contribution in [2.75, 3.05) is 5.32 Å². The SMILES string of the molecule is CCCC(C(=O)Nc1ccc(C#N)cc1)n1ccc(=O)cc1. The topological polar surface area (TPSA) is 74.9 Å². The van der Waals surface area contributed by atoms with Gasteiger partial charge in [-0.25, -0.2) is 0 Å². The zero-order chi connectivity index (χ0) is 15.9. The predicted molar refractivity (Wildman–Crippen MR) is 84.4 cm³/mol. The van der Waals surface area contributed by atoms with E-state index >= 15 is 0 Å². The second-order valence-corrected chi connectivity index (χ2v) is 4.96. The Balaban J connectivity index is 2.17. The van der Waals surface area contributed by atoms with Crippen LogP contribution in [0.15, 0.2) is 53.6 Å². The summed E-state index contributed by atoms with van der Waals surface area (Å²) in [5.74, 6) is -0.143. The van der Waals surface area contributed by atoms with E-state index in [0.29, 0.717) is 17.7 Å². The van der Waals surface area contributed by atoms with Crippen LogP contribution >= 0.6 is 0 Å². The summed E-state index contributed by atoms with van der Waals surface area (Å²) < 4.78 is 1.74. The van der Waals surface area contributed by atoms with Gasteiger partial charge >= 0.3 is 0 Å². The summed E-state index contributed by atoms with van der Waals surface area (Å²) in [6.45, 7) is 2.00. The van der Waals surface area contributed by atoms with E-state index < -0.39 is 0 Å². The molecule has 1 atom stereocenters. The van der Waals surface area contributed by atoms with Gasteiger partial charge in [0.1, 0.15) is 6.04 Å². The number of anilines is 1. The van der Waals surface area contributed by atoms with Gasteiger partial charge in [0.15, 0.2) is 5.43 Å². The quantitative estimate of drug-likeness (QED) is 0.921. The molecule has 0 aliphatic rings. The number of carbonyl (C=O) groups excluding carboxylic acids is 1. The second kappa shape index (κ2) is 7.23. The van der Waals surface area contributed by atoms with Crippen LogP contribution in [-0.4, -0.2) is 10.5 Å². The number of rotatable bonds is 5. The number of hydrogen-bond donors (Lipinski definition) is 1. The minimum absolute atomic E-state index is 0.0843. The molecule has 0 aliphatic carbocycles. The molecule has 1 aromatic heterocycles. The molecule has 2 aromatic rings. The average molecular weight is 295 g/mol. The molecule has 0 fully saturated rings. The fourth-order valence-corrected chi connectivity index (χ4v) is 2.17.